The zero-order valence-electron chi connectivity index (χ0n) is 15.8. The number of nitrogens with one attached hydrogen (secondary N) is 2. The van der Waals surface area contributed by atoms with Gasteiger partial charge in [-0.1, -0.05) is 6.42 Å². The van der Waals surface area contributed by atoms with Gasteiger partial charge in [0.05, 0.1) is 6.54 Å². The van der Waals surface area contributed by atoms with Gasteiger partial charge in [-0.3, -0.25) is 4.79 Å². The number of piperidine rings is 1. The lowest BCUT2D eigenvalue weighted by Crippen LogP contribution is -2.59. The Hall–Kier alpha value is -1.30. The van der Waals surface area contributed by atoms with Crippen LogP contribution in [-0.4, -0.2) is 54.2 Å². The second-order valence-corrected chi connectivity index (χ2v) is 8.72. The molecule has 1 spiro atoms. The Morgan fingerprint density at radius 2 is 1.96 bits per heavy atom. The van der Waals surface area contributed by atoms with Crippen LogP contribution in [-0.2, 0) is 9.53 Å². The molecule has 0 aromatic carbocycles. The first kappa shape index (κ1) is 19.0. The molecular formula is C18H33N3O3. The molecule has 0 aromatic rings. The minimum atomic E-state index is -0.485. The van der Waals surface area contributed by atoms with Gasteiger partial charge in [0.25, 0.3) is 0 Å². The summed E-state index contributed by atoms with van der Waals surface area (Å²) in [6, 6.07) is 0.284. The molecule has 0 bridgehead atoms. The van der Waals surface area contributed by atoms with Crippen LogP contribution in [0, 0.1) is 5.41 Å². The largest absolute Gasteiger partial charge is 0.444 e. The number of carbonyl (C=O) groups excluding carboxylic acids is 2. The van der Waals surface area contributed by atoms with Crippen LogP contribution in [0.5, 0.6) is 0 Å². The molecule has 0 radical (unpaired) electrons. The Bertz CT molecular complexity index is 467. The smallest absolute Gasteiger partial charge is 0.410 e. The van der Waals surface area contributed by atoms with Crippen LogP contribution in [0.4, 0.5) is 4.79 Å². The molecule has 2 amide bonds. The van der Waals surface area contributed by atoms with Crippen LogP contribution in [0.25, 0.3) is 0 Å². The van der Waals surface area contributed by atoms with E-state index in [4.69, 9.17) is 4.74 Å². The maximum Gasteiger partial charge on any atom is 0.410 e. The summed E-state index contributed by atoms with van der Waals surface area (Å²) in [7, 11) is 0. The zero-order valence-corrected chi connectivity index (χ0v) is 15.8. The first-order valence-electron chi connectivity index (χ1n) is 9.09. The van der Waals surface area contributed by atoms with Crippen LogP contribution in [0.1, 0.15) is 60.3 Å². The summed E-state index contributed by atoms with van der Waals surface area (Å²) < 4.78 is 5.55. The molecule has 1 atom stereocenters. The van der Waals surface area contributed by atoms with E-state index >= 15 is 0 Å². The Balaban J connectivity index is 1.94. The first-order valence-corrected chi connectivity index (χ1v) is 9.09. The van der Waals surface area contributed by atoms with Crippen LogP contribution in [0.15, 0.2) is 0 Å². The average molecular weight is 339 g/mol. The topological polar surface area (TPSA) is 70.7 Å². The van der Waals surface area contributed by atoms with E-state index in [1.807, 2.05) is 39.5 Å². The number of likely N-dealkylation sites (tertiary alicyclic amines) is 1. The maximum absolute atomic E-state index is 12.5. The highest BCUT2D eigenvalue weighted by molar-refractivity contribution is 5.78. The fraction of sp³-hybridized carbons (Fsp3) is 0.889. The van der Waals surface area contributed by atoms with Gasteiger partial charge in [0.15, 0.2) is 0 Å². The van der Waals surface area contributed by atoms with Crippen LogP contribution in [0.3, 0.4) is 0 Å². The highest BCUT2D eigenvalue weighted by atomic mass is 16.6. The number of ether oxygens (including phenoxy) is 1. The van der Waals surface area contributed by atoms with Crippen LogP contribution < -0.4 is 10.6 Å². The number of rotatable bonds is 4. The summed E-state index contributed by atoms with van der Waals surface area (Å²) in [6.07, 6.45) is 4.32. The van der Waals surface area contributed by atoms with Crippen molar-refractivity contribution < 1.29 is 14.3 Å². The minimum Gasteiger partial charge on any atom is -0.444 e. The third-order valence-electron chi connectivity index (χ3n) is 4.71. The molecule has 2 fully saturated rings. The number of hydrogen-bond acceptors (Lipinski definition) is 4. The predicted octanol–water partition coefficient (Wildman–Crippen LogP) is 2.28. The SMILES string of the molecule is CC(C)NC(=O)CNC1CN(C(=O)OC(C)(C)C)CC2(CCC2)C1. The fourth-order valence-corrected chi connectivity index (χ4v) is 3.64. The van der Waals surface area contributed by atoms with Gasteiger partial charge in [0, 0.05) is 25.2 Å². The van der Waals surface area contributed by atoms with Crippen LogP contribution >= 0.6 is 0 Å². The standard InChI is InChI=1S/C18H33N3O3/c1-13(2)20-15(22)10-19-14-9-18(7-6-8-18)12-21(11-14)16(23)24-17(3,4)5/h13-14,19H,6-12H2,1-5H3,(H,20,22). The molecular weight excluding hydrogens is 306 g/mol. The molecule has 2 N–H and O–H groups in total. The van der Waals surface area contributed by atoms with E-state index < -0.39 is 5.60 Å². The molecule has 138 valence electrons. The quantitative estimate of drug-likeness (QED) is 0.824. The van der Waals surface area contributed by atoms with Gasteiger partial charge in [-0.05, 0) is 59.3 Å². The van der Waals surface area contributed by atoms with Gasteiger partial charge in [-0.2, -0.15) is 0 Å². The van der Waals surface area contributed by atoms with Crippen molar-refractivity contribution in [1.29, 1.82) is 0 Å². The summed E-state index contributed by atoms with van der Waals surface area (Å²) in [6.45, 7) is 11.2. The van der Waals surface area contributed by atoms with E-state index in [0.717, 1.165) is 25.8 Å². The van der Waals surface area contributed by atoms with Crippen molar-refractivity contribution in [3.63, 3.8) is 0 Å². The highest BCUT2D eigenvalue weighted by Crippen LogP contribution is 2.47. The Kier molecular flexibility index (Phi) is 5.78. The van der Waals surface area contributed by atoms with Gasteiger partial charge < -0.3 is 20.3 Å². The lowest BCUT2D eigenvalue weighted by atomic mass is 9.63. The number of nitrogens with zero attached hydrogens (tertiary/aromatic N) is 1. The lowest BCUT2D eigenvalue weighted by molar-refractivity contribution is -0.121. The third-order valence-corrected chi connectivity index (χ3v) is 4.71. The molecule has 1 saturated heterocycles. The maximum atomic E-state index is 12.5. The van der Waals surface area contributed by atoms with Crippen molar-refractivity contribution in [3.8, 4) is 0 Å². The average Bonchev–Trinajstić information content (AvgIpc) is 2.40. The van der Waals surface area contributed by atoms with Crippen molar-refractivity contribution >= 4 is 12.0 Å². The van der Waals surface area contributed by atoms with E-state index in [-0.39, 0.29) is 29.5 Å². The summed E-state index contributed by atoms with van der Waals surface area (Å²) in [4.78, 5) is 26.2. The molecule has 1 aliphatic heterocycles. The lowest BCUT2D eigenvalue weighted by Gasteiger charge is -2.51. The van der Waals surface area contributed by atoms with Gasteiger partial charge in [0.1, 0.15) is 5.60 Å². The van der Waals surface area contributed by atoms with E-state index in [1.165, 1.54) is 6.42 Å². The number of amides is 2. The van der Waals surface area contributed by atoms with Gasteiger partial charge in [-0.15, -0.1) is 0 Å². The first-order chi connectivity index (χ1) is 11.1. The number of carbonyl (C=O) groups is 2. The molecule has 1 aliphatic carbocycles. The molecule has 6 heteroatoms. The number of hydrogen-bond donors (Lipinski definition) is 2. The van der Waals surface area contributed by atoms with Crippen molar-refractivity contribution in [2.75, 3.05) is 19.6 Å². The van der Waals surface area contributed by atoms with Crippen molar-refractivity contribution in [3.05, 3.63) is 0 Å². The summed E-state index contributed by atoms with van der Waals surface area (Å²) in [5.74, 6) is 0.00190. The van der Waals surface area contributed by atoms with E-state index in [9.17, 15) is 9.59 Å². The summed E-state index contributed by atoms with van der Waals surface area (Å²) in [5.41, 5.74) is -0.275. The van der Waals surface area contributed by atoms with Crippen LogP contribution in [0.2, 0.25) is 0 Å². The molecule has 6 nitrogen and oxygen atoms in total. The molecule has 1 unspecified atom stereocenters. The molecule has 2 rings (SSSR count). The molecule has 2 aliphatic rings. The second kappa shape index (κ2) is 7.30. The molecule has 0 aromatic heterocycles. The van der Waals surface area contributed by atoms with E-state index in [0.29, 0.717) is 13.1 Å². The molecule has 1 heterocycles. The van der Waals surface area contributed by atoms with Gasteiger partial charge in [0.2, 0.25) is 5.91 Å². The monoisotopic (exact) mass is 339 g/mol. The van der Waals surface area contributed by atoms with Crippen molar-refractivity contribution in [1.82, 2.24) is 15.5 Å². The van der Waals surface area contributed by atoms with Gasteiger partial charge >= 0.3 is 6.09 Å². The summed E-state index contributed by atoms with van der Waals surface area (Å²) in [5, 5.41) is 6.23. The predicted molar refractivity (Wildman–Crippen MR) is 93.8 cm³/mol. The minimum absolute atomic E-state index is 0.00190. The Morgan fingerprint density at radius 1 is 1.29 bits per heavy atom. The normalized spacial score (nSPS) is 23.1. The third kappa shape index (κ3) is 5.36. The Labute approximate surface area is 145 Å². The van der Waals surface area contributed by atoms with E-state index in [1.54, 1.807) is 0 Å². The van der Waals surface area contributed by atoms with Gasteiger partial charge in [-0.25, -0.2) is 4.79 Å². The van der Waals surface area contributed by atoms with Crippen molar-refractivity contribution in [2.24, 2.45) is 5.41 Å². The Morgan fingerprint density at radius 3 is 2.46 bits per heavy atom. The molecule has 1 saturated carbocycles. The molecule has 24 heavy (non-hydrogen) atoms. The second-order valence-electron chi connectivity index (χ2n) is 8.72. The summed E-state index contributed by atoms with van der Waals surface area (Å²) >= 11 is 0. The van der Waals surface area contributed by atoms with Crippen molar-refractivity contribution in [2.45, 2.75) is 78.0 Å². The fourth-order valence-electron chi connectivity index (χ4n) is 3.64. The highest BCUT2D eigenvalue weighted by Gasteiger charge is 2.45. The zero-order chi connectivity index (χ0) is 18.0. The van der Waals surface area contributed by atoms with E-state index in [2.05, 4.69) is 10.6 Å².